The molecular weight excluding hydrogens is 296 g/mol. The normalized spacial score (nSPS) is 13.0. The van der Waals surface area contributed by atoms with Crippen LogP contribution in [0.25, 0.3) is 10.6 Å². The van der Waals surface area contributed by atoms with Crippen molar-refractivity contribution in [3.8, 4) is 10.6 Å². The summed E-state index contributed by atoms with van der Waals surface area (Å²) >= 11 is 6.52. The van der Waals surface area contributed by atoms with Gasteiger partial charge in [-0.3, -0.25) is 0 Å². The topological polar surface area (TPSA) is 59.1 Å². The average Bonchev–Trinajstić information content (AvgIpc) is 2.84. The summed E-state index contributed by atoms with van der Waals surface area (Å²) in [4.78, 5) is 5.49. The fourth-order valence-electron chi connectivity index (χ4n) is 1.10. The van der Waals surface area contributed by atoms with Crippen molar-refractivity contribution in [2.24, 2.45) is 5.73 Å². The molecule has 0 saturated carbocycles. The van der Waals surface area contributed by atoms with E-state index in [0.29, 0.717) is 0 Å². The molecule has 0 aliphatic heterocycles. The van der Waals surface area contributed by atoms with Gasteiger partial charge in [-0.1, -0.05) is 0 Å². The van der Waals surface area contributed by atoms with E-state index in [1.807, 2.05) is 17.5 Å². The van der Waals surface area contributed by atoms with E-state index in [9.17, 15) is 0 Å². The molecule has 0 bridgehead atoms. The fourth-order valence-corrected chi connectivity index (χ4v) is 3.33. The highest BCUT2D eigenvalue weighted by Crippen LogP contribution is 2.32. The molecule has 1 atom stereocenters. The van der Waals surface area contributed by atoms with Crippen LogP contribution < -0.4 is 5.73 Å². The number of nitrogens with two attached hydrogens (primary N) is 1. The second kappa shape index (κ2) is 4.71. The summed E-state index contributed by atoms with van der Waals surface area (Å²) in [5.74, 6) is 0. The molecular formula is C9H9BrN2OS2. The quantitative estimate of drug-likeness (QED) is 0.916. The molecule has 1 unspecified atom stereocenters. The smallest absolute Gasteiger partial charge is 0.112 e. The van der Waals surface area contributed by atoms with E-state index in [0.717, 1.165) is 19.4 Å². The Morgan fingerprint density at radius 3 is 2.93 bits per heavy atom. The molecule has 15 heavy (non-hydrogen) atoms. The van der Waals surface area contributed by atoms with E-state index in [4.69, 9.17) is 10.8 Å². The number of aromatic nitrogens is 1. The standard InChI is InChI=1S/C9H9BrN2OS2/c10-8-2-1-7(15-8)6-4-14-9(12-6)5(11)3-13/h1-2,4-5,13H,3,11H2. The lowest BCUT2D eigenvalue weighted by molar-refractivity contribution is 0.268. The zero-order chi connectivity index (χ0) is 10.8. The lowest BCUT2D eigenvalue weighted by atomic mass is 10.3. The van der Waals surface area contributed by atoms with Gasteiger partial charge in [-0.15, -0.1) is 22.7 Å². The minimum Gasteiger partial charge on any atom is -0.394 e. The van der Waals surface area contributed by atoms with E-state index in [1.165, 1.54) is 11.3 Å². The van der Waals surface area contributed by atoms with E-state index >= 15 is 0 Å². The maximum atomic E-state index is 8.91. The Hall–Kier alpha value is -0.270. The molecule has 3 N–H and O–H groups in total. The molecule has 0 aliphatic rings. The van der Waals surface area contributed by atoms with E-state index in [1.54, 1.807) is 11.3 Å². The molecule has 2 aromatic heterocycles. The highest BCUT2D eigenvalue weighted by molar-refractivity contribution is 9.11. The minimum atomic E-state index is -0.368. The second-order valence-electron chi connectivity index (χ2n) is 2.96. The largest absolute Gasteiger partial charge is 0.394 e. The Bertz CT molecular complexity index is 454. The Kier molecular flexibility index (Phi) is 3.53. The van der Waals surface area contributed by atoms with Crippen LogP contribution in [-0.2, 0) is 0 Å². The lowest BCUT2D eigenvalue weighted by Gasteiger charge is -2.01. The fraction of sp³-hybridized carbons (Fsp3) is 0.222. The van der Waals surface area contributed by atoms with Gasteiger partial charge in [-0.2, -0.15) is 0 Å². The monoisotopic (exact) mass is 304 g/mol. The van der Waals surface area contributed by atoms with E-state index < -0.39 is 0 Å². The van der Waals surface area contributed by atoms with Gasteiger partial charge in [0, 0.05) is 5.38 Å². The molecule has 2 heterocycles. The van der Waals surface area contributed by atoms with Crippen LogP contribution in [0, 0.1) is 0 Å². The number of nitrogens with zero attached hydrogens (tertiary/aromatic N) is 1. The number of halogens is 1. The molecule has 0 spiro atoms. The van der Waals surface area contributed by atoms with Gasteiger partial charge in [-0.25, -0.2) is 4.98 Å². The third-order valence-electron chi connectivity index (χ3n) is 1.86. The third kappa shape index (κ3) is 2.46. The molecule has 0 aliphatic carbocycles. The maximum Gasteiger partial charge on any atom is 0.112 e. The van der Waals surface area contributed by atoms with E-state index in [-0.39, 0.29) is 12.6 Å². The van der Waals surface area contributed by atoms with Crippen molar-refractivity contribution in [3.05, 3.63) is 26.3 Å². The summed E-state index contributed by atoms with van der Waals surface area (Å²) in [6.07, 6.45) is 0. The number of thiazole rings is 1. The summed E-state index contributed by atoms with van der Waals surface area (Å²) in [7, 11) is 0. The molecule has 2 aromatic rings. The van der Waals surface area contributed by atoms with Crippen LogP contribution in [0.15, 0.2) is 21.3 Å². The molecule has 0 radical (unpaired) electrons. The number of aliphatic hydroxyl groups is 1. The first-order valence-corrected chi connectivity index (χ1v) is 6.77. The molecule has 0 amide bonds. The predicted octanol–water partition coefficient (Wildman–Crippen LogP) is 2.63. The highest BCUT2D eigenvalue weighted by Gasteiger charge is 2.11. The van der Waals surface area contributed by atoms with Crippen LogP contribution in [0.5, 0.6) is 0 Å². The number of thiophene rings is 1. The SMILES string of the molecule is NC(CO)c1nc(-c2ccc(Br)s2)cs1. The van der Waals surface area contributed by atoms with Crippen molar-refractivity contribution in [1.29, 1.82) is 0 Å². The first-order chi connectivity index (χ1) is 7.20. The van der Waals surface area contributed by atoms with Crippen LogP contribution in [0.3, 0.4) is 0 Å². The first-order valence-electron chi connectivity index (χ1n) is 4.28. The van der Waals surface area contributed by atoms with E-state index in [2.05, 4.69) is 20.9 Å². The van der Waals surface area contributed by atoms with Gasteiger partial charge in [0.2, 0.25) is 0 Å². The first kappa shape index (κ1) is 11.2. The Labute approximate surface area is 104 Å². The Balaban J connectivity index is 2.27. The summed E-state index contributed by atoms with van der Waals surface area (Å²) in [5.41, 5.74) is 6.61. The zero-order valence-corrected chi connectivity index (χ0v) is 10.9. The third-order valence-corrected chi connectivity index (χ3v) is 4.48. The molecule has 6 heteroatoms. The molecule has 2 rings (SSSR count). The average molecular weight is 305 g/mol. The second-order valence-corrected chi connectivity index (χ2v) is 6.32. The van der Waals surface area contributed by atoms with Gasteiger partial charge in [0.15, 0.2) is 0 Å². The van der Waals surface area contributed by atoms with Gasteiger partial charge in [0.1, 0.15) is 5.01 Å². The van der Waals surface area contributed by atoms with Crippen LogP contribution >= 0.6 is 38.6 Å². The van der Waals surface area contributed by atoms with Crippen LogP contribution in [0.4, 0.5) is 0 Å². The lowest BCUT2D eigenvalue weighted by Crippen LogP contribution is -2.13. The summed E-state index contributed by atoms with van der Waals surface area (Å²) < 4.78 is 1.08. The number of hydrogen-bond donors (Lipinski definition) is 2. The number of aliphatic hydroxyl groups excluding tert-OH is 1. The Morgan fingerprint density at radius 2 is 2.33 bits per heavy atom. The highest BCUT2D eigenvalue weighted by atomic mass is 79.9. The van der Waals surface area contributed by atoms with Crippen molar-refractivity contribution in [3.63, 3.8) is 0 Å². The van der Waals surface area contributed by atoms with Gasteiger partial charge in [0.05, 0.1) is 27.0 Å². The minimum absolute atomic E-state index is 0.0684. The van der Waals surface area contributed by atoms with Gasteiger partial charge >= 0.3 is 0 Å². The predicted molar refractivity (Wildman–Crippen MR) is 67.1 cm³/mol. The van der Waals surface area contributed by atoms with Crippen LogP contribution in [0.2, 0.25) is 0 Å². The van der Waals surface area contributed by atoms with Crippen molar-refractivity contribution in [1.82, 2.24) is 4.98 Å². The molecule has 0 fully saturated rings. The Morgan fingerprint density at radius 1 is 1.53 bits per heavy atom. The zero-order valence-electron chi connectivity index (χ0n) is 7.68. The van der Waals surface area contributed by atoms with Gasteiger partial charge in [-0.05, 0) is 28.1 Å². The summed E-state index contributed by atoms with van der Waals surface area (Å²) in [5, 5.41) is 11.6. The molecule has 0 saturated heterocycles. The van der Waals surface area contributed by atoms with Crippen molar-refractivity contribution < 1.29 is 5.11 Å². The summed E-state index contributed by atoms with van der Waals surface area (Å²) in [6.45, 7) is -0.0684. The maximum absolute atomic E-state index is 8.91. The van der Waals surface area contributed by atoms with Gasteiger partial charge < -0.3 is 10.8 Å². The molecule has 80 valence electrons. The number of rotatable bonds is 3. The molecule has 3 nitrogen and oxygen atoms in total. The van der Waals surface area contributed by atoms with Crippen molar-refractivity contribution >= 4 is 38.6 Å². The van der Waals surface area contributed by atoms with Crippen molar-refractivity contribution in [2.45, 2.75) is 6.04 Å². The van der Waals surface area contributed by atoms with Crippen LogP contribution in [0.1, 0.15) is 11.0 Å². The van der Waals surface area contributed by atoms with Gasteiger partial charge in [0.25, 0.3) is 0 Å². The van der Waals surface area contributed by atoms with Crippen LogP contribution in [-0.4, -0.2) is 16.7 Å². The molecule has 0 aromatic carbocycles. The number of hydrogen-bond acceptors (Lipinski definition) is 5. The summed E-state index contributed by atoms with van der Waals surface area (Å²) in [6, 6.07) is 3.63. The van der Waals surface area contributed by atoms with Crippen molar-refractivity contribution in [2.75, 3.05) is 6.61 Å².